The van der Waals surface area contributed by atoms with Gasteiger partial charge in [0.15, 0.2) is 0 Å². The summed E-state index contributed by atoms with van der Waals surface area (Å²) < 4.78 is 53.2. The number of hydrogen-bond donors (Lipinski definition) is 1. The molecule has 2 aromatic rings. The minimum absolute atomic E-state index is 0.102. The fourth-order valence-corrected chi connectivity index (χ4v) is 4.98. The number of nitrogens with one attached hydrogen (secondary N) is 1. The SMILES string of the molecule is CN(CC(=O)Nc1cccc(F)c1)C(=O)[C@@H]1CCCN1S(=O)(=O)c1ccc(F)cc1. The van der Waals surface area contributed by atoms with Gasteiger partial charge in [0.1, 0.15) is 17.7 Å². The number of rotatable bonds is 6. The van der Waals surface area contributed by atoms with Crippen molar-refractivity contribution in [1.29, 1.82) is 0 Å². The Morgan fingerprint density at radius 2 is 1.83 bits per heavy atom. The quantitative estimate of drug-likeness (QED) is 0.751. The molecule has 0 radical (unpaired) electrons. The normalized spacial score (nSPS) is 17.0. The van der Waals surface area contributed by atoms with Crippen molar-refractivity contribution in [2.24, 2.45) is 0 Å². The monoisotopic (exact) mass is 437 g/mol. The van der Waals surface area contributed by atoms with Gasteiger partial charge in [0.25, 0.3) is 0 Å². The summed E-state index contributed by atoms with van der Waals surface area (Å²) in [5.74, 6) is -2.13. The average Bonchev–Trinajstić information content (AvgIpc) is 3.18. The number of anilines is 1. The lowest BCUT2D eigenvalue weighted by atomic mass is 10.2. The smallest absolute Gasteiger partial charge is 0.243 e. The molecule has 7 nitrogen and oxygen atoms in total. The topological polar surface area (TPSA) is 86.8 Å². The van der Waals surface area contributed by atoms with Gasteiger partial charge in [-0.15, -0.1) is 0 Å². The molecule has 1 fully saturated rings. The van der Waals surface area contributed by atoms with Gasteiger partial charge in [0.2, 0.25) is 21.8 Å². The Morgan fingerprint density at radius 1 is 1.13 bits per heavy atom. The van der Waals surface area contributed by atoms with Gasteiger partial charge in [-0.25, -0.2) is 17.2 Å². The largest absolute Gasteiger partial charge is 0.335 e. The molecule has 0 unspecified atom stereocenters. The van der Waals surface area contributed by atoms with Crippen LogP contribution < -0.4 is 5.32 Å². The van der Waals surface area contributed by atoms with Gasteiger partial charge in [-0.1, -0.05) is 6.07 Å². The third-order valence-electron chi connectivity index (χ3n) is 4.77. The molecular formula is C20H21F2N3O4S. The second-order valence-corrected chi connectivity index (χ2v) is 8.87. The van der Waals surface area contributed by atoms with Crippen LogP contribution in [0.4, 0.5) is 14.5 Å². The minimum Gasteiger partial charge on any atom is -0.335 e. The predicted molar refractivity (Wildman–Crippen MR) is 106 cm³/mol. The maximum atomic E-state index is 13.2. The summed E-state index contributed by atoms with van der Waals surface area (Å²) in [5, 5.41) is 2.49. The van der Waals surface area contributed by atoms with E-state index >= 15 is 0 Å². The van der Waals surface area contributed by atoms with E-state index in [0.717, 1.165) is 39.5 Å². The van der Waals surface area contributed by atoms with Crippen LogP contribution in [0.5, 0.6) is 0 Å². The van der Waals surface area contributed by atoms with Crippen LogP contribution >= 0.6 is 0 Å². The molecule has 10 heteroatoms. The Morgan fingerprint density at radius 3 is 2.50 bits per heavy atom. The summed E-state index contributed by atoms with van der Waals surface area (Å²) in [6, 6.07) is 8.78. The van der Waals surface area contributed by atoms with E-state index < -0.39 is 39.5 Å². The summed E-state index contributed by atoms with van der Waals surface area (Å²) in [6.07, 6.45) is 0.801. The fraction of sp³-hybridized carbons (Fsp3) is 0.300. The third-order valence-corrected chi connectivity index (χ3v) is 6.70. The van der Waals surface area contributed by atoms with E-state index in [4.69, 9.17) is 0 Å². The van der Waals surface area contributed by atoms with Crippen LogP contribution in [-0.4, -0.2) is 55.6 Å². The first-order valence-corrected chi connectivity index (χ1v) is 10.7. The Labute approximate surface area is 173 Å². The molecule has 2 amide bonds. The molecule has 0 bridgehead atoms. The van der Waals surface area contributed by atoms with E-state index in [1.54, 1.807) is 0 Å². The van der Waals surface area contributed by atoms with Crippen molar-refractivity contribution in [3.63, 3.8) is 0 Å². The highest BCUT2D eigenvalue weighted by Crippen LogP contribution is 2.27. The molecule has 160 valence electrons. The van der Waals surface area contributed by atoms with Crippen molar-refractivity contribution >= 4 is 27.5 Å². The van der Waals surface area contributed by atoms with E-state index in [1.165, 1.54) is 25.2 Å². The molecule has 0 aromatic heterocycles. The lowest BCUT2D eigenvalue weighted by Gasteiger charge is -2.27. The fourth-order valence-electron chi connectivity index (χ4n) is 3.33. The summed E-state index contributed by atoms with van der Waals surface area (Å²) >= 11 is 0. The summed E-state index contributed by atoms with van der Waals surface area (Å²) in [7, 11) is -2.59. The van der Waals surface area contributed by atoms with Gasteiger partial charge in [0, 0.05) is 19.3 Å². The van der Waals surface area contributed by atoms with Crippen LogP contribution in [0.1, 0.15) is 12.8 Å². The van der Waals surface area contributed by atoms with E-state index in [2.05, 4.69) is 5.32 Å². The Kier molecular flexibility index (Phi) is 6.47. The molecule has 1 N–H and O–H groups in total. The van der Waals surface area contributed by atoms with Crippen molar-refractivity contribution in [2.45, 2.75) is 23.8 Å². The molecule has 1 atom stereocenters. The predicted octanol–water partition coefficient (Wildman–Crippen LogP) is 2.21. The number of likely N-dealkylation sites (N-methyl/N-ethyl adjacent to an activating group) is 1. The number of sulfonamides is 1. The van der Waals surface area contributed by atoms with Crippen LogP contribution in [0, 0.1) is 11.6 Å². The number of carbonyl (C=O) groups excluding carboxylic acids is 2. The lowest BCUT2D eigenvalue weighted by Crippen LogP contribution is -2.48. The Hall–Kier alpha value is -2.85. The highest BCUT2D eigenvalue weighted by molar-refractivity contribution is 7.89. The van der Waals surface area contributed by atoms with Crippen molar-refractivity contribution in [3.05, 3.63) is 60.2 Å². The first kappa shape index (κ1) is 21.8. The number of nitrogens with zero attached hydrogens (tertiary/aromatic N) is 2. The van der Waals surface area contributed by atoms with Crippen LogP contribution in [0.25, 0.3) is 0 Å². The van der Waals surface area contributed by atoms with E-state index in [1.807, 2.05) is 0 Å². The van der Waals surface area contributed by atoms with Crippen LogP contribution in [-0.2, 0) is 19.6 Å². The van der Waals surface area contributed by atoms with Crippen molar-refractivity contribution in [2.75, 3.05) is 25.5 Å². The van der Waals surface area contributed by atoms with Gasteiger partial charge in [0.05, 0.1) is 11.4 Å². The molecule has 1 saturated heterocycles. The zero-order chi connectivity index (χ0) is 21.9. The van der Waals surface area contributed by atoms with Gasteiger partial charge in [-0.3, -0.25) is 9.59 Å². The molecule has 2 aromatic carbocycles. The van der Waals surface area contributed by atoms with Crippen LogP contribution in [0.15, 0.2) is 53.4 Å². The average molecular weight is 437 g/mol. The number of halogens is 2. The lowest BCUT2D eigenvalue weighted by molar-refractivity contribution is -0.136. The second kappa shape index (κ2) is 8.88. The van der Waals surface area contributed by atoms with Gasteiger partial charge in [-0.05, 0) is 55.3 Å². The Balaban J connectivity index is 1.68. The number of benzene rings is 2. The van der Waals surface area contributed by atoms with Crippen molar-refractivity contribution < 1.29 is 26.8 Å². The molecule has 0 spiro atoms. The van der Waals surface area contributed by atoms with E-state index in [9.17, 15) is 26.8 Å². The number of amides is 2. The zero-order valence-electron chi connectivity index (χ0n) is 16.2. The zero-order valence-corrected chi connectivity index (χ0v) is 17.0. The summed E-state index contributed by atoms with van der Waals surface area (Å²) in [6.45, 7) is -0.171. The molecule has 0 saturated carbocycles. The number of hydrogen-bond acceptors (Lipinski definition) is 4. The molecule has 1 aliphatic rings. The second-order valence-electron chi connectivity index (χ2n) is 6.98. The summed E-state index contributed by atoms with van der Waals surface area (Å²) in [5.41, 5.74) is 0.252. The Bertz CT molecular complexity index is 1040. The molecule has 0 aliphatic carbocycles. The maximum Gasteiger partial charge on any atom is 0.243 e. The highest BCUT2D eigenvalue weighted by Gasteiger charge is 2.40. The molecule has 30 heavy (non-hydrogen) atoms. The van der Waals surface area contributed by atoms with E-state index in [-0.39, 0.29) is 23.7 Å². The molecule has 3 rings (SSSR count). The molecular weight excluding hydrogens is 416 g/mol. The summed E-state index contributed by atoms with van der Waals surface area (Å²) in [4.78, 5) is 26.1. The van der Waals surface area contributed by atoms with Crippen LogP contribution in [0.3, 0.4) is 0 Å². The highest BCUT2D eigenvalue weighted by atomic mass is 32.2. The van der Waals surface area contributed by atoms with Crippen LogP contribution in [0.2, 0.25) is 0 Å². The molecule has 1 heterocycles. The maximum absolute atomic E-state index is 13.2. The van der Waals surface area contributed by atoms with Gasteiger partial charge in [-0.2, -0.15) is 4.31 Å². The standard InChI is InChI=1S/C20H21F2N3O4S/c1-24(13-19(26)23-16-5-2-4-15(22)12-16)20(27)18-6-3-11-25(18)30(28,29)17-9-7-14(21)8-10-17/h2,4-5,7-10,12,18H,3,6,11,13H2,1H3,(H,23,26)/t18-/m0/s1. The minimum atomic E-state index is -3.99. The van der Waals surface area contributed by atoms with Crippen molar-refractivity contribution in [3.8, 4) is 0 Å². The number of carbonyl (C=O) groups is 2. The first-order chi connectivity index (χ1) is 14.2. The first-order valence-electron chi connectivity index (χ1n) is 9.26. The third kappa shape index (κ3) is 4.82. The van der Waals surface area contributed by atoms with Gasteiger partial charge >= 0.3 is 0 Å². The van der Waals surface area contributed by atoms with Crippen molar-refractivity contribution in [1.82, 2.24) is 9.21 Å². The van der Waals surface area contributed by atoms with Gasteiger partial charge < -0.3 is 10.2 Å². The van der Waals surface area contributed by atoms with E-state index in [0.29, 0.717) is 12.8 Å². The molecule has 1 aliphatic heterocycles.